The molecule has 0 saturated carbocycles. The molecule has 3 heterocycles. The van der Waals surface area contributed by atoms with Gasteiger partial charge in [-0.05, 0) is 62.4 Å². The van der Waals surface area contributed by atoms with E-state index in [1.54, 1.807) is 16.0 Å². The molecule has 1 unspecified atom stereocenters. The number of halogens is 1. The average Bonchev–Trinajstić information content (AvgIpc) is 3.39. The Hall–Kier alpha value is -2.32. The van der Waals surface area contributed by atoms with Crippen LogP contribution in [-0.2, 0) is 17.8 Å². The molecule has 1 atom stereocenters. The number of thiazole rings is 1. The van der Waals surface area contributed by atoms with Crippen molar-refractivity contribution < 1.29 is 14.3 Å². The molecule has 1 aromatic heterocycles. The number of benzene rings is 1. The van der Waals surface area contributed by atoms with E-state index in [0.717, 1.165) is 29.5 Å². The number of hydrogen-bond donors (Lipinski definition) is 1. The summed E-state index contributed by atoms with van der Waals surface area (Å²) in [6.45, 7) is 7.19. The second-order valence-electron chi connectivity index (χ2n) is 8.59. The highest BCUT2D eigenvalue weighted by Gasteiger charge is 2.37. The monoisotopic (exact) mass is 448 g/mol. The maximum atomic E-state index is 12.8. The molecule has 1 aromatic carbocycles. The zero-order valence-electron chi connectivity index (χ0n) is 17.3. The van der Waals surface area contributed by atoms with Gasteiger partial charge in [0, 0.05) is 36.2 Å². The Balaban J connectivity index is 1.57. The first-order valence-electron chi connectivity index (χ1n) is 9.97. The van der Waals surface area contributed by atoms with Gasteiger partial charge in [0.05, 0.1) is 6.04 Å². The van der Waals surface area contributed by atoms with Crippen LogP contribution in [0.5, 0.6) is 0 Å². The number of fused-ring (bicyclic) bond motifs is 1. The van der Waals surface area contributed by atoms with Crippen LogP contribution in [0, 0.1) is 0 Å². The molecule has 160 valence electrons. The van der Waals surface area contributed by atoms with Gasteiger partial charge in [0.1, 0.15) is 5.60 Å². The molecule has 2 aliphatic heterocycles. The van der Waals surface area contributed by atoms with Crippen molar-refractivity contribution in [2.45, 2.75) is 58.3 Å². The lowest BCUT2D eigenvalue weighted by molar-refractivity contribution is 0.0223. The van der Waals surface area contributed by atoms with Crippen molar-refractivity contribution in [1.82, 2.24) is 14.8 Å². The lowest BCUT2D eigenvalue weighted by Crippen LogP contribution is -2.36. The van der Waals surface area contributed by atoms with Gasteiger partial charge in [-0.2, -0.15) is 0 Å². The highest BCUT2D eigenvalue weighted by Crippen LogP contribution is 2.40. The van der Waals surface area contributed by atoms with E-state index in [0.29, 0.717) is 29.8 Å². The molecule has 2 aromatic rings. The van der Waals surface area contributed by atoms with Gasteiger partial charge in [0.25, 0.3) is 0 Å². The van der Waals surface area contributed by atoms with Crippen molar-refractivity contribution >= 4 is 40.2 Å². The molecule has 3 amide bonds. The number of nitrogens with zero attached hydrogens (tertiary/aromatic N) is 3. The number of ether oxygens (including phenoxy) is 1. The molecular weight excluding hydrogens is 424 g/mol. The lowest BCUT2D eigenvalue weighted by Gasteiger charge is -2.30. The number of nitrogens with one attached hydrogen (secondary N) is 1. The van der Waals surface area contributed by atoms with E-state index in [-0.39, 0.29) is 18.2 Å². The Morgan fingerprint density at radius 1 is 1.30 bits per heavy atom. The summed E-state index contributed by atoms with van der Waals surface area (Å²) in [5.74, 6) is 0. The fourth-order valence-corrected chi connectivity index (χ4v) is 4.80. The first-order valence-corrected chi connectivity index (χ1v) is 11.2. The summed E-state index contributed by atoms with van der Waals surface area (Å²) in [4.78, 5) is 33.1. The molecule has 7 nitrogen and oxygen atoms in total. The summed E-state index contributed by atoms with van der Waals surface area (Å²) in [7, 11) is 0. The van der Waals surface area contributed by atoms with Gasteiger partial charge < -0.3 is 14.5 Å². The fourth-order valence-electron chi connectivity index (χ4n) is 4.03. The Kier molecular flexibility index (Phi) is 5.63. The van der Waals surface area contributed by atoms with Gasteiger partial charge in [-0.3, -0.25) is 5.32 Å². The summed E-state index contributed by atoms with van der Waals surface area (Å²) in [5.41, 5.74) is 2.54. The molecule has 9 heteroatoms. The predicted molar refractivity (Wildman–Crippen MR) is 117 cm³/mol. The van der Waals surface area contributed by atoms with E-state index in [1.165, 1.54) is 11.3 Å². The van der Waals surface area contributed by atoms with Crippen LogP contribution in [0.3, 0.4) is 0 Å². The van der Waals surface area contributed by atoms with E-state index >= 15 is 0 Å². The normalized spacial score (nSPS) is 18.5. The van der Waals surface area contributed by atoms with E-state index in [9.17, 15) is 9.59 Å². The zero-order valence-corrected chi connectivity index (χ0v) is 18.8. The number of urea groups is 1. The van der Waals surface area contributed by atoms with Crippen LogP contribution in [0.25, 0.3) is 0 Å². The van der Waals surface area contributed by atoms with Crippen molar-refractivity contribution in [2.75, 3.05) is 11.9 Å². The minimum absolute atomic E-state index is 0.103. The number of carbonyl (C=O) groups excluding carboxylic acids is 2. The van der Waals surface area contributed by atoms with E-state index in [2.05, 4.69) is 10.3 Å². The molecule has 0 radical (unpaired) electrons. The summed E-state index contributed by atoms with van der Waals surface area (Å²) >= 11 is 7.80. The second kappa shape index (κ2) is 8.07. The largest absolute Gasteiger partial charge is 0.444 e. The summed E-state index contributed by atoms with van der Waals surface area (Å²) in [5, 5.41) is 5.83. The molecule has 0 bridgehead atoms. The molecule has 0 aliphatic carbocycles. The number of hydrogen-bond acceptors (Lipinski definition) is 5. The van der Waals surface area contributed by atoms with Crippen molar-refractivity contribution in [3.8, 4) is 0 Å². The maximum Gasteiger partial charge on any atom is 0.410 e. The molecule has 30 heavy (non-hydrogen) atoms. The van der Waals surface area contributed by atoms with Gasteiger partial charge in [-0.25, -0.2) is 14.6 Å². The quantitative estimate of drug-likeness (QED) is 0.665. The predicted octanol–water partition coefficient (Wildman–Crippen LogP) is 5.42. The molecule has 1 fully saturated rings. The third kappa shape index (κ3) is 4.39. The van der Waals surface area contributed by atoms with Crippen LogP contribution < -0.4 is 5.32 Å². The van der Waals surface area contributed by atoms with Gasteiger partial charge >= 0.3 is 12.1 Å². The van der Waals surface area contributed by atoms with Crippen LogP contribution in [0.15, 0.2) is 23.7 Å². The average molecular weight is 449 g/mol. The first-order chi connectivity index (χ1) is 14.2. The fraction of sp³-hybridized carbons (Fsp3) is 0.476. The van der Waals surface area contributed by atoms with Crippen LogP contribution in [0.2, 0.25) is 5.02 Å². The zero-order chi connectivity index (χ0) is 21.5. The van der Waals surface area contributed by atoms with Gasteiger partial charge in [-0.15, -0.1) is 11.3 Å². The molecule has 4 rings (SSSR count). The summed E-state index contributed by atoms with van der Waals surface area (Å²) in [6.07, 6.45) is 3.09. The Labute approximate surface area is 185 Å². The molecule has 1 saturated heterocycles. The Bertz CT molecular complexity index is 958. The summed E-state index contributed by atoms with van der Waals surface area (Å²) < 4.78 is 5.61. The van der Waals surface area contributed by atoms with Crippen LogP contribution >= 0.6 is 22.9 Å². The second-order valence-corrected chi connectivity index (χ2v) is 9.92. The minimum atomic E-state index is -0.550. The molecule has 2 aliphatic rings. The number of aromatic nitrogens is 1. The highest BCUT2D eigenvalue weighted by atomic mass is 35.5. The van der Waals surface area contributed by atoms with Gasteiger partial charge in [-0.1, -0.05) is 11.6 Å². The van der Waals surface area contributed by atoms with Crippen LogP contribution in [-0.4, -0.2) is 39.1 Å². The van der Waals surface area contributed by atoms with Crippen molar-refractivity contribution in [1.29, 1.82) is 0 Å². The third-order valence-electron chi connectivity index (χ3n) is 5.22. The number of rotatable bonds is 2. The maximum absolute atomic E-state index is 12.8. The molecule has 0 spiro atoms. The number of amides is 3. The topological polar surface area (TPSA) is 74.8 Å². The lowest BCUT2D eigenvalue weighted by atomic mass is 9.96. The SMILES string of the molecule is CC(C)(C)OC(=O)N1CCCC1c1cc(Cl)cc2c1CN(C(=O)Nc1nccs1)C2. The smallest absolute Gasteiger partial charge is 0.410 e. The Morgan fingerprint density at radius 3 is 2.80 bits per heavy atom. The molecular formula is C21H25ClN4O3S. The van der Waals surface area contributed by atoms with Gasteiger partial charge in [0.15, 0.2) is 5.13 Å². The highest BCUT2D eigenvalue weighted by molar-refractivity contribution is 7.13. The van der Waals surface area contributed by atoms with E-state index in [4.69, 9.17) is 16.3 Å². The third-order valence-corrected chi connectivity index (χ3v) is 6.13. The Morgan fingerprint density at radius 2 is 2.10 bits per heavy atom. The summed E-state index contributed by atoms with van der Waals surface area (Å²) in [6, 6.07) is 3.53. The van der Waals surface area contributed by atoms with E-state index in [1.807, 2.05) is 38.3 Å². The van der Waals surface area contributed by atoms with Crippen molar-refractivity contribution in [3.05, 3.63) is 45.4 Å². The standard InChI is InChI=1S/C21H25ClN4O3S/c1-21(2,3)29-20(28)26-7-4-5-17(26)15-10-14(22)9-13-11-25(12-16(13)15)19(27)24-18-23-6-8-30-18/h6,8-10,17H,4-5,7,11-12H2,1-3H3,(H,23,24,27). The number of anilines is 1. The van der Waals surface area contributed by atoms with Crippen LogP contribution in [0.4, 0.5) is 14.7 Å². The minimum Gasteiger partial charge on any atom is -0.444 e. The van der Waals surface area contributed by atoms with Gasteiger partial charge in [0.2, 0.25) is 0 Å². The van der Waals surface area contributed by atoms with E-state index < -0.39 is 5.60 Å². The first kappa shape index (κ1) is 20.9. The number of likely N-dealkylation sites (tertiary alicyclic amines) is 1. The number of carbonyl (C=O) groups is 2. The van der Waals surface area contributed by atoms with Crippen LogP contribution in [0.1, 0.15) is 56.3 Å². The molecule has 1 N–H and O–H groups in total. The van der Waals surface area contributed by atoms with Crippen molar-refractivity contribution in [3.63, 3.8) is 0 Å². The van der Waals surface area contributed by atoms with Crippen molar-refractivity contribution in [2.24, 2.45) is 0 Å².